The molecule has 0 spiro atoms. The smallest absolute Gasteiger partial charge is 0.352 e. The van der Waals surface area contributed by atoms with Gasteiger partial charge in [-0.3, -0.25) is 19.1 Å². The minimum Gasteiger partial charge on any atom is -0.352 e. The first-order valence-electron chi connectivity index (χ1n) is 8.95. The van der Waals surface area contributed by atoms with E-state index in [1.165, 1.54) is 16.8 Å². The van der Waals surface area contributed by atoms with Crippen molar-refractivity contribution in [2.24, 2.45) is 11.3 Å². The highest BCUT2D eigenvalue weighted by Gasteiger charge is 2.36. The maximum Gasteiger partial charge on any atom is 0.697 e. The van der Waals surface area contributed by atoms with E-state index in [0.717, 1.165) is 11.8 Å². The lowest BCUT2D eigenvalue weighted by molar-refractivity contribution is -0.117. The predicted octanol–water partition coefficient (Wildman–Crippen LogP) is 2.46. The van der Waals surface area contributed by atoms with Crippen LogP contribution in [0.25, 0.3) is 0 Å². The van der Waals surface area contributed by atoms with E-state index < -0.39 is 31.1 Å². The van der Waals surface area contributed by atoms with Crippen molar-refractivity contribution < 1.29 is 23.1 Å². The van der Waals surface area contributed by atoms with Crippen molar-refractivity contribution in [1.82, 2.24) is 9.55 Å². The van der Waals surface area contributed by atoms with Gasteiger partial charge < -0.3 is 4.74 Å². The molecule has 1 aromatic heterocycles. The summed E-state index contributed by atoms with van der Waals surface area (Å²) in [5.74, 6) is 0.408. The minimum atomic E-state index is -2.32. The summed E-state index contributed by atoms with van der Waals surface area (Å²) >= 11 is 1.14. The van der Waals surface area contributed by atoms with Gasteiger partial charge in [-0.05, 0) is 6.42 Å². The van der Waals surface area contributed by atoms with Crippen LogP contribution in [0, 0.1) is 11.3 Å². The van der Waals surface area contributed by atoms with Crippen LogP contribution in [-0.2, 0) is 23.1 Å². The van der Waals surface area contributed by atoms with Crippen molar-refractivity contribution in [3.63, 3.8) is 0 Å². The van der Waals surface area contributed by atoms with E-state index in [-0.39, 0.29) is 30.4 Å². The molecule has 1 saturated heterocycles. The third-order valence-corrected chi connectivity index (χ3v) is 6.07. The molecule has 1 N–H and O–H groups in total. The van der Waals surface area contributed by atoms with Gasteiger partial charge in [-0.25, -0.2) is 4.79 Å². The summed E-state index contributed by atoms with van der Waals surface area (Å²) in [4.78, 5) is 37.1. The number of carbonyl (C=O) groups excluding carboxylic acids is 1. The number of hydrogen-bond acceptors (Lipinski definition) is 8. The fourth-order valence-electron chi connectivity index (χ4n) is 2.64. The zero-order valence-corrected chi connectivity index (χ0v) is 18.1. The summed E-state index contributed by atoms with van der Waals surface area (Å²) in [7, 11) is -2.32. The first kappa shape index (κ1) is 23.0. The highest BCUT2D eigenvalue weighted by molar-refractivity contribution is 8.13. The van der Waals surface area contributed by atoms with Crippen LogP contribution in [0.2, 0.25) is 0 Å². The Morgan fingerprint density at radius 1 is 1.39 bits per heavy atom. The van der Waals surface area contributed by atoms with Crippen molar-refractivity contribution in [2.75, 3.05) is 19.0 Å². The molecule has 0 bridgehead atoms. The van der Waals surface area contributed by atoms with Crippen LogP contribution in [-0.4, -0.2) is 39.7 Å². The Hall–Kier alpha value is -1.32. The van der Waals surface area contributed by atoms with Gasteiger partial charge in [-0.15, -0.1) is 9.05 Å². The SMILES string of the molecule is CC1CC(CO[P+](=O)OCCSC(=O)C(C)(C)C)OC1n1ccc(=O)[nH]c1=O. The van der Waals surface area contributed by atoms with Gasteiger partial charge in [0.2, 0.25) is 0 Å². The Labute approximate surface area is 168 Å². The minimum absolute atomic E-state index is 0.0100. The quantitative estimate of drug-likeness (QED) is 0.491. The second kappa shape index (κ2) is 9.93. The molecule has 1 aromatic rings. The molecule has 1 aliphatic rings. The molecule has 2 rings (SSSR count). The van der Waals surface area contributed by atoms with E-state index in [0.29, 0.717) is 12.2 Å². The van der Waals surface area contributed by atoms with Crippen molar-refractivity contribution >= 4 is 25.1 Å². The van der Waals surface area contributed by atoms with Gasteiger partial charge in [0.25, 0.3) is 5.56 Å². The van der Waals surface area contributed by atoms with E-state index in [9.17, 15) is 18.9 Å². The molecule has 1 fully saturated rings. The van der Waals surface area contributed by atoms with Gasteiger partial charge >= 0.3 is 13.9 Å². The fourth-order valence-corrected chi connectivity index (χ4v) is 4.15. The molecular formula is C17H26N2O7PS+. The van der Waals surface area contributed by atoms with Gasteiger partial charge in [-0.2, -0.15) is 0 Å². The molecule has 2 heterocycles. The summed E-state index contributed by atoms with van der Waals surface area (Å²) in [6.07, 6.45) is 1.12. The first-order valence-corrected chi connectivity index (χ1v) is 11.0. The van der Waals surface area contributed by atoms with Crippen LogP contribution in [0.3, 0.4) is 0 Å². The number of nitrogens with zero attached hydrogens (tertiary/aromatic N) is 1. The number of hydrogen-bond donors (Lipinski definition) is 1. The molecule has 0 radical (unpaired) electrons. The number of rotatable bonds is 8. The average molecular weight is 433 g/mol. The maximum atomic E-state index is 11.9. The third kappa shape index (κ3) is 6.63. The molecule has 156 valence electrons. The summed E-state index contributed by atoms with van der Waals surface area (Å²) in [5.41, 5.74) is -1.43. The number of thioether (sulfide) groups is 1. The second-order valence-corrected chi connectivity index (χ2v) is 9.65. The Balaban J connectivity index is 1.73. The van der Waals surface area contributed by atoms with E-state index in [1.54, 1.807) is 0 Å². The topological polar surface area (TPSA) is 117 Å². The summed E-state index contributed by atoms with van der Waals surface area (Å²) in [6.45, 7) is 7.63. The molecule has 4 atom stereocenters. The van der Waals surface area contributed by atoms with E-state index in [4.69, 9.17) is 13.8 Å². The van der Waals surface area contributed by atoms with Gasteiger partial charge in [0.05, 0.1) is 6.10 Å². The second-order valence-electron chi connectivity index (χ2n) is 7.62. The third-order valence-electron chi connectivity index (χ3n) is 4.07. The molecule has 28 heavy (non-hydrogen) atoms. The number of nitrogens with one attached hydrogen (secondary N) is 1. The largest absolute Gasteiger partial charge is 0.697 e. The molecule has 0 aromatic carbocycles. The number of H-pyrrole nitrogens is 1. The van der Waals surface area contributed by atoms with Gasteiger partial charge in [0.15, 0.2) is 5.12 Å². The number of carbonyl (C=O) groups is 1. The monoisotopic (exact) mass is 433 g/mol. The van der Waals surface area contributed by atoms with Crippen molar-refractivity contribution in [2.45, 2.75) is 46.4 Å². The zero-order valence-electron chi connectivity index (χ0n) is 16.4. The number of ether oxygens (including phenoxy) is 1. The maximum absolute atomic E-state index is 11.9. The van der Waals surface area contributed by atoms with Crippen molar-refractivity contribution in [3.8, 4) is 0 Å². The Morgan fingerprint density at radius 3 is 2.75 bits per heavy atom. The Kier molecular flexibility index (Phi) is 8.15. The van der Waals surface area contributed by atoms with Crippen LogP contribution in [0.1, 0.15) is 40.3 Å². The highest BCUT2D eigenvalue weighted by Crippen LogP contribution is 2.35. The molecule has 0 amide bonds. The molecule has 9 nitrogen and oxygen atoms in total. The molecule has 0 saturated carbocycles. The lowest BCUT2D eigenvalue weighted by Crippen LogP contribution is -2.33. The fraction of sp³-hybridized carbons (Fsp3) is 0.706. The van der Waals surface area contributed by atoms with Gasteiger partial charge in [0, 0.05) is 33.9 Å². The highest BCUT2D eigenvalue weighted by atomic mass is 32.2. The molecule has 11 heteroatoms. The van der Waals surface area contributed by atoms with Gasteiger partial charge in [0.1, 0.15) is 19.4 Å². The van der Waals surface area contributed by atoms with Crippen molar-refractivity contribution in [1.29, 1.82) is 0 Å². The van der Waals surface area contributed by atoms with Gasteiger partial charge in [-0.1, -0.05) is 39.5 Å². The lowest BCUT2D eigenvalue weighted by atomic mass is 10.00. The summed E-state index contributed by atoms with van der Waals surface area (Å²) in [6, 6.07) is 1.26. The van der Waals surface area contributed by atoms with Crippen LogP contribution in [0.5, 0.6) is 0 Å². The first-order chi connectivity index (χ1) is 13.1. The van der Waals surface area contributed by atoms with Crippen LogP contribution >= 0.6 is 20.0 Å². The summed E-state index contributed by atoms with van der Waals surface area (Å²) < 4.78 is 29.3. The number of aromatic amines is 1. The average Bonchev–Trinajstić information content (AvgIpc) is 2.96. The molecule has 0 aliphatic carbocycles. The van der Waals surface area contributed by atoms with E-state index >= 15 is 0 Å². The van der Waals surface area contributed by atoms with E-state index in [1.807, 2.05) is 27.7 Å². The van der Waals surface area contributed by atoms with Crippen LogP contribution < -0.4 is 11.2 Å². The number of aromatic nitrogens is 2. The lowest BCUT2D eigenvalue weighted by Gasteiger charge is -2.17. The normalized spacial score (nSPS) is 23.0. The van der Waals surface area contributed by atoms with Crippen molar-refractivity contribution in [3.05, 3.63) is 33.1 Å². The zero-order chi connectivity index (χ0) is 20.9. The summed E-state index contributed by atoms with van der Waals surface area (Å²) in [5, 5.41) is 0.0455. The van der Waals surface area contributed by atoms with Crippen LogP contribution in [0.15, 0.2) is 21.9 Å². The standard InChI is InChI=1S/C17H25N2O7PS/c1-11-9-12(26-14(11)19-6-5-13(20)18-16(19)22)10-25-27(23)24-7-8-28-15(21)17(2,3)4/h5-6,11-12,14H,7-10H2,1-4H3/p+1. The Morgan fingerprint density at radius 2 is 2.11 bits per heavy atom. The molecule has 4 unspecified atom stereocenters. The Bertz CT molecular complexity index is 817. The predicted molar refractivity (Wildman–Crippen MR) is 105 cm³/mol. The van der Waals surface area contributed by atoms with E-state index in [2.05, 4.69) is 4.98 Å². The molecule has 1 aliphatic heterocycles. The van der Waals surface area contributed by atoms with Crippen LogP contribution in [0.4, 0.5) is 0 Å². The molecular weight excluding hydrogens is 407 g/mol.